The van der Waals surface area contributed by atoms with Gasteiger partial charge in [0.15, 0.2) is 0 Å². The van der Waals surface area contributed by atoms with Crippen LogP contribution in [0.2, 0.25) is 0 Å². The SMILES string of the molecule is CC(CO)C(O)NC(c1scc2ccccc12)c1scc2ccccc12. The van der Waals surface area contributed by atoms with Crippen LogP contribution in [0.15, 0.2) is 59.3 Å². The summed E-state index contributed by atoms with van der Waals surface area (Å²) in [5.41, 5.74) is 0. The summed E-state index contributed by atoms with van der Waals surface area (Å²) in [5.74, 6) is -0.241. The molecular weight excluding hydrogens is 362 g/mol. The van der Waals surface area contributed by atoms with Crippen LogP contribution in [0.3, 0.4) is 0 Å². The van der Waals surface area contributed by atoms with Crippen molar-refractivity contribution in [1.29, 1.82) is 0 Å². The van der Waals surface area contributed by atoms with Gasteiger partial charge in [-0.15, -0.1) is 22.7 Å². The van der Waals surface area contributed by atoms with Gasteiger partial charge in [-0.25, -0.2) is 0 Å². The minimum Gasteiger partial charge on any atom is -0.396 e. The van der Waals surface area contributed by atoms with Gasteiger partial charge in [0.05, 0.1) is 6.04 Å². The molecule has 134 valence electrons. The van der Waals surface area contributed by atoms with Gasteiger partial charge < -0.3 is 10.2 Å². The Balaban J connectivity index is 1.84. The summed E-state index contributed by atoms with van der Waals surface area (Å²) >= 11 is 3.42. The first-order valence-electron chi connectivity index (χ1n) is 8.66. The predicted octanol–water partition coefficient (Wildman–Crippen LogP) is 4.74. The Hall–Kier alpha value is -1.76. The van der Waals surface area contributed by atoms with Crippen molar-refractivity contribution in [2.45, 2.75) is 19.2 Å². The Morgan fingerprint density at radius 3 is 1.88 bits per heavy atom. The molecule has 0 aliphatic carbocycles. The Morgan fingerprint density at radius 2 is 1.38 bits per heavy atom. The molecule has 0 saturated heterocycles. The number of rotatable bonds is 6. The third-order valence-corrected chi connectivity index (χ3v) is 6.93. The highest BCUT2D eigenvalue weighted by Gasteiger charge is 2.26. The van der Waals surface area contributed by atoms with Crippen LogP contribution in [0.1, 0.15) is 22.7 Å². The lowest BCUT2D eigenvalue weighted by molar-refractivity contribution is 0.0454. The van der Waals surface area contributed by atoms with Gasteiger partial charge >= 0.3 is 0 Å². The molecule has 0 radical (unpaired) electrons. The molecule has 3 nitrogen and oxygen atoms in total. The van der Waals surface area contributed by atoms with Crippen molar-refractivity contribution in [3.63, 3.8) is 0 Å². The maximum Gasteiger partial charge on any atom is 0.110 e. The molecule has 4 rings (SSSR count). The van der Waals surface area contributed by atoms with Crippen molar-refractivity contribution in [3.05, 3.63) is 69.0 Å². The maximum absolute atomic E-state index is 10.6. The van der Waals surface area contributed by atoms with E-state index in [0.717, 1.165) is 0 Å². The van der Waals surface area contributed by atoms with Crippen LogP contribution in [0.5, 0.6) is 0 Å². The average molecular weight is 384 g/mol. The second-order valence-corrected chi connectivity index (χ2v) is 8.40. The number of benzene rings is 2. The van der Waals surface area contributed by atoms with E-state index in [9.17, 15) is 10.2 Å². The van der Waals surface area contributed by atoms with Crippen LogP contribution >= 0.6 is 22.7 Å². The molecule has 2 atom stereocenters. The van der Waals surface area contributed by atoms with Gasteiger partial charge in [0.25, 0.3) is 0 Å². The van der Waals surface area contributed by atoms with E-state index >= 15 is 0 Å². The van der Waals surface area contributed by atoms with E-state index < -0.39 is 6.23 Å². The van der Waals surface area contributed by atoms with Crippen LogP contribution in [0.25, 0.3) is 21.5 Å². The Labute approximate surface area is 160 Å². The largest absolute Gasteiger partial charge is 0.396 e. The topological polar surface area (TPSA) is 52.5 Å². The molecule has 0 bridgehead atoms. The van der Waals surface area contributed by atoms with Crippen LogP contribution in [-0.4, -0.2) is 23.0 Å². The van der Waals surface area contributed by atoms with E-state index in [-0.39, 0.29) is 18.6 Å². The molecular formula is C21H21NO2S2. The summed E-state index contributed by atoms with van der Waals surface area (Å²) in [6.07, 6.45) is -0.785. The van der Waals surface area contributed by atoms with Crippen LogP contribution in [-0.2, 0) is 0 Å². The number of nitrogens with one attached hydrogen (secondary N) is 1. The molecule has 0 fully saturated rings. The number of aliphatic hydroxyl groups is 2. The minimum absolute atomic E-state index is 0.0583. The highest BCUT2D eigenvalue weighted by atomic mass is 32.1. The lowest BCUT2D eigenvalue weighted by Gasteiger charge is -2.25. The highest BCUT2D eigenvalue weighted by molar-refractivity contribution is 7.13. The quantitative estimate of drug-likeness (QED) is 0.422. The standard InChI is InChI=1S/C21H21NO2S2/c1-13(10-23)21(24)22-18(19-16-8-4-2-6-14(16)11-25-19)20-17-9-5-3-7-15(17)12-26-20/h2-9,11-13,18,21-24H,10H2,1H3. The van der Waals surface area contributed by atoms with E-state index in [1.54, 1.807) is 22.7 Å². The Bertz CT molecular complexity index is 949. The fourth-order valence-corrected chi connectivity index (χ4v) is 5.44. The average Bonchev–Trinajstić information content (AvgIpc) is 3.30. The molecule has 3 N–H and O–H groups in total. The zero-order valence-corrected chi connectivity index (χ0v) is 16.1. The molecule has 2 aromatic carbocycles. The number of aliphatic hydroxyl groups excluding tert-OH is 2. The van der Waals surface area contributed by atoms with Crippen molar-refractivity contribution in [2.75, 3.05) is 6.61 Å². The van der Waals surface area contributed by atoms with E-state index in [1.807, 2.05) is 19.1 Å². The molecule has 26 heavy (non-hydrogen) atoms. The summed E-state index contributed by atoms with van der Waals surface area (Å²) in [4.78, 5) is 2.38. The highest BCUT2D eigenvalue weighted by Crippen LogP contribution is 2.40. The number of thiophene rings is 2. The van der Waals surface area contributed by atoms with Crippen molar-refractivity contribution in [2.24, 2.45) is 5.92 Å². The summed E-state index contributed by atoms with van der Waals surface area (Å²) in [6.45, 7) is 1.78. The number of fused-ring (bicyclic) bond motifs is 2. The first-order chi connectivity index (χ1) is 12.7. The minimum atomic E-state index is -0.785. The molecule has 4 aromatic rings. The van der Waals surface area contributed by atoms with Crippen molar-refractivity contribution < 1.29 is 10.2 Å². The monoisotopic (exact) mass is 383 g/mol. The molecule has 0 aliphatic heterocycles. The lowest BCUT2D eigenvalue weighted by atomic mass is 10.0. The fraction of sp³-hybridized carbons (Fsp3) is 0.238. The smallest absolute Gasteiger partial charge is 0.110 e. The van der Waals surface area contributed by atoms with Crippen LogP contribution < -0.4 is 5.32 Å². The molecule has 5 heteroatoms. The summed E-state index contributed by atoms with van der Waals surface area (Å²) < 4.78 is 0. The first kappa shape index (κ1) is 17.6. The van der Waals surface area contributed by atoms with Gasteiger partial charge in [0, 0.05) is 22.3 Å². The third kappa shape index (κ3) is 3.17. The normalized spacial score (nSPS) is 14.3. The first-order valence-corrected chi connectivity index (χ1v) is 10.4. The van der Waals surface area contributed by atoms with Gasteiger partial charge in [-0.3, -0.25) is 5.32 Å². The molecule has 2 aromatic heterocycles. The molecule has 0 spiro atoms. The van der Waals surface area contributed by atoms with Crippen molar-refractivity contribution in [1.82, 2.24) is 5.32 Å². The molecule has 0 saturated carbocycles. The van der Waals surface area contributed by atoms with Gasteiger partial charge in [-0.1, -0.05) is 55.5 Å². The summed E-state index contributed by atoms with van der Waals surface area (Å²) in [6, 6.07) is 16.6. The van der Waals surface area contributed by atoms with E-state index in [4.69, 9.17) is 0 Å². The zero-order valence-electron chi connectivity index (χ0n) is 14.4. The lowest BCUT2D eigenvalue weighted by Crippen LogP contribution is -2.39. The van der Waals surface area contributed by atoms with Crippen molar-refractivity contribution in [3.8, 4) is 0 Å². The Morgan fingerprint density at radius 1 is 0.885 bits per heavy atom. The second-order valence-electron chi connectivity index (χ2n) is 6.58. The van der Waals surface area contributed by atoms with Gasteiger partial charge in [0.2, 0.25) is 0 Å². The summed E-state index contributed by atoms with van der Waals surface area (Å²) in [5, 5.41) is 32.5. The fourth-order valence-electron chi connectivity index (χ4n) is 3.18. The van der Waals surface area contributed by atoms with Gasteiger partial charge in [-0.2, -0.15) is 0 Å². The number of hydrogen-bond acceptors (Lipinski definition) is 5. The van der Waals surface area contributed by atoms with Gasteiger partial charge in [-0.05, 0) is 32.3 Å². The Kier molecular flexibility index (Phi) is 5.07. The molecule has 2 unspecified atom stereocenters. The zero-order chi connectivity index (χ0) is 18.1. The molecule has 0 aliphatic rings. The summed E-state index contributed by atoms with van der Waals surface area (Å²) in [7, 11) is 0. The maximum atomic E-state index is 10.6. The van der Waals surface area contributed by atoms with E-state index in [1.165, 1.54) is 31.3 Å². The van der Waals surface area contributed by atoms with Crippen molar-refractivity contribution >= 4 is 44.2 Å². The van der Waals surface area contributed by atoms with Gasteiger partial charge in [0.1, 0.15) is 6.23 Å². The molecule has 0 amide bonds. The van der Waals surface area contributed by atoms with E-state index in [2.05, 4.69) is 52.5 Å². The molecule has 2 heterocycles. The van der Waals surface area contributed by atoms with Crippen LogP contribution in [0.4, 0.5) is 0 Å². The number of hydrogen-bond donors (Lipinski definition) is 3. The second kappa shape index (κ2) is 7.47. The predicted molar refractivity (Wildman–Crippen MR) is 111 cm³/mol. The van der Waals surface area contributed by atoms with E-state index in [0.29, 0.717) is 0 Å². The van der Waals surface area contributed by atoms with Crippen LogP contribution in [0, 0.1) is 5.92 Å². The third-order valence-electron chi connectivity index (χ3n) is 4.77.